The Morgan fingerprint density at radius 3 is 3.11 bits per heavy atom. The summed E-state index contributed by atoms with van der Waals surface area (Å²) in [6.07, 6.45) is 2.30. The molecule has 0 radical (unpaired) electrons. The van der Waals surface area contributed by atoms with Crippen molar-refractivity contribution in [3.8, 4) is 0 Å². The Hall–Kier alpha value is -1.20. The van der Waals surface area contributed by atoms with Crippen LogP contribution in [0.15, 0.2) is 12.3 Å². The fourth-order valence-corrected chi connectivity index (χ4v) is 2.39. The number of nitrogens with zero attached hydrogens (tertiary/aromatic N) is 2. The molecule has 5 heteroatoms. The third-order valence-corrected chi connectivity index (χ3v) is 3.45. The number of ether oxygens (including phenoxy) is 1. The van der Waals surface area contributed by atoms with Crippen molar-refractivity contribution in [2.45, 2.75) is 32.9 Å². The average molecular weight is 267 g/mol. The second-order valence-corrected chi connectivity index (χ2v) is 4.75. The predicted molar refractivity (Wildman–Crippen MR) is 73.8 cm³/mol. The van der Waals surface area contributed by atoms with Gasteiger partial charge in [0.1, 0.15) is 11.6 Å². The number of pyridine rings is 1. The van der Waals surface area contributed by atoms with E-state index in [1.165, 1.54) is 6.20 Å². The molecule has 19 heavy (non-hydrogen) atoms. The number of halogens is 1. The van der Waals surface area contributed by atoms with Gasteiger partial charge in [-0.15, -0.1) is 0 Å². The molecule has 0 aromatic carbocycles. The number of hydrogen-bond donors (Lipinski definition) is 1. The lowest BCUT2D eigenvalue weighted by Gasteiger charge is -2.37. The summed E-state index contributed by atoms with van der Waals surface area (Å²) in [5.41, 5.74) is 0.919. The highest BCUT2D eigenvalue weighted by Crippen LogP contribution is 2.23. The fourth-order valence-electron chi connectivity index (χ4n) is 2.39. The van der Waals surface area contributed by atoms with Gasteiger partial charge in [0.2, 0.25) is 0 Å². The summed E-state index contributed by atoms with van der Waals surface area (Å²) < 4.78 is 18.9. The molecule has 1 atom stereocenters. The number of morpholine rings is 1. The third kappa shape index (κ3) is 3.42. The Morgan fingerprint density at radius 2 is 2.37 bits per heavy atom. The molecule has 1 saturated heterocycles. The summed E-state index contributed by atoms with van der Waals surface area (Å²) in [5.74, 6) is 0.607. The molecule has 2 heterocycles. The number of rotatable bonds is 5. The molecule has 0 saturated carbocycles. The summed E-state index contributed by atoms with van der Waals surface area (Å²) in [6.45, 7) is 7.92. The van der Waals surface area contributed by atoms with E-state index in [1.807, 2.05) is 6.92 Å². The maximum atomic E-state index is 13.4. The molecule has 0 bridgehead atoms. The van der Waals surface area contributed by atoms with Crippen LogP contribution in [0.4, 0.5) is 10.2 Å². The second kappa shape index (κ2) is 6.82. The van der Waals surface area contributed by atoms with Gasteiger partial charge in [-0.05, 0) is 19.0 Å². The molecule has 1 N–H and O–H groups in total. The van der Waals surface area contributed by atoms with Crippen LogP contribution in [0.3, 0.4) is 0 Å². The Kier molecular flexibility index (Phi) is 5.10. The van der Waals surface area contributed by atoms with Crippen LogP contribution in [-0.2, 0) is 11.3 Å². The molecule has 1 unspecified atom stereocenters. The van der Waals surface area contributed by atoms with Gasteiger partial charge in [0.15, 0.2) is 0 Å². The van der Waals surface area contributed by atoms with Crippen LogP contribution in [0.1, 0.15) is 25.8 Å². The first-order chi connectivity index (χ1) is 9.26. The van der Waals surface area contributed by atoms with E-state index < -0.39 is 0 Å². The van der Waals surface area contributed by atoms with Gasteiger partial charge in [-0.25, -0.2) is 9.37 Å². The Morgan fingerprint density at radius 1 is 1.53 bits per heavy atom. The summed E-state index contributed by atoms with van der Waals surface area (Å²) >= 11 is 0. The summed E-state index contributed by atoms with van der Waals surface area (Å²) in [6, 6.07) is 1.90. The molecule has 0 spiro atoms. The Balaban J connectivity index is 2.25. The topological polar surface area (TPSA) is 37.4 Å². The number of nitrogens with one attached hydrogen (secondary N) is 1. The standard InChI is InChI=1S/C14H22FN3O/c1-3-13-10-19-6-5-18(13)14-11(8-16-4-2)7-12(15)9-17-14/h7,9,13,16H,3-6,8,10H2,1-2H3. The van der Waals surface area contributed by atoms with Crippen LogP contribution in [0.25, 0.3) is 0 Å². The van der Waals surface area contributed by atoms with E-state index in [-0.39, 0.29) is 5.82 Å². The highest BCUT2D eigenvalue weighted by molar-refractivity contribution is 5.48. The minimum absolute atomic E-state index is 0.280. The van der Waals surface area contributed by atoms with Crippen LogP contribution < -0.4 is 10.2 Å². The van der Waals surface area contributed by atoms with Gasteiger partial charge < -0.3 is 15.0 Å². The van der Waals surface area contributed by atoms with Gasteiger partial charge in [-0.1, -0.05) is 13.8 Å². The van der Waals surface area contributed by atoms with Gasteiger partial charge >= 0.3 is 0 Å². The van der Waals surface area contributed by atoms with E-state index in [2.05, 4.69) is 22.1 Å². The van der Waals surface area contributed by atoms with E-state index in [0.717, 1.165) is 37.5 Å². The van der Waals surface area contributed by atoms with Crippen LogP contribution in [0.2, 0.25) is 0 Å². The quantitative estimate of drug-likeness (QED) is 0.885. The molecule has 1 aliphatic heterocycles. The van der Waals surface area contributed by atoms with Crippen molar-refractivity contribution in [3.63, 3.8) is 0 Å². The molecule has 1 fully saturated rings. The van der Waals surface area contributed by atoms with E-state index >= 15 is 0 Å². The minimum Gasteiger partial charge on any atom is -0.377 e. The van der Waals surface area contributed by atoms with Crippen LogP contribution >= 0.6 is 0 Å². The zero-order valence-electron chi connectivity index (χ0n) is 11.7. The first-order valence-electron chi connectivity index (χ1n) is 6.95. The molecular formula is C14H22FN3O. The van der Waals surface area contributed by atoms with Gasteiger partial charge in [0.25, 0.3) is 0 Å². The first-order valence-corrected chi connectivity index (χ1v) is 6.95. The summed E-state index contributed by atoms with van der Waals surface area (Å²) in [4.78, 5) is 6.55. The molecule has 1 aromatic rings. The number of aromatic nitrogens is 1. The highest BCUT2D eigenvalue weighted by atomic mass is 19.1. The van der Waals surface area contributed by atoms with E-state index in [1.54, 1.807) is 6.07 Å². The van der Waals surface area contributed by atoms with Gasteiger partial charge in [0, 0.05) is 18.7 Å². The SMILES string of the molecule is CCNCc1cc(F)cnc1N1CCOCC1CC. The lowest BCUT2D eigenvalue weighted by atomic mass is 10.1. The lowest BCUT2D eigenvalue weighted by Crippen LogP contribution is -2.46. The summed E-state index contributed by atoms with van der Waals surface area (Å²) in [7, 11) is 0. The zero-order valence-corrected chi connectivity index (χ0v) is 11.7. The smallest absolute Gasteiger partial charge is 0.141 e. The maximum absolute atomic E-state index is 13.4. The van der Waals surface area contributed by atoms with Crippen LogP contribution in [-0.4, -0.2) is 37.3 Å². The first kappa shape index (κ1) is 14.2. The highest BCUT2D eigenvalue weighted by Gasteiger charge is 2.24. The van der Waals surface area contributed by atoms with Crippen molar-refractivity contribution in [2.75, 3.05) is 31.2 Å². The summed E-state index contributed by atoms with van der Waals surface area (Å²) in [5, 5.41) is 3.24. The normalized spacial score (nSPS) is 19.7. The number of hydrogen-bond acceptors (Lipinski definition) is 4. The minimum atomic E-state index is -0.280. The number of anilines is 1. The zero-order chi connectivity index (χ0) is 13.7. The molecule has 106 valence electrons. The van der Waals surface area contributed by atoms with Crippen molar-refractivity contribution in [2.24, 2.45) is 0 Å². The van der Waals surface area contributed by atoms with E-state index in [0.29, 0.717) is 19.2 Å². The molecule has 2 rings (SSSR count). The molecule has 1 aliphatic rings. The second-order valence-electron chi connectivity index (χ2n) is 4.75. The maximum Gasteiger partial charge on any atom is 0.141 e. The predicted octanol–water partition coefficient (Wildman–Crippen LogP) is 1.95. The lowest BCUT2D eigenvalue weighted by molar-refractivity contribution is 0.0924. The third-order valence-electron chi connectivity index (χ3n) is 3.45. The van der Waals surface area contributed by atoms with Crippen molar-refractivity contribution < 1.29 is 9.13 Å². The van der Waals surface area contributed by atoms with Gasteiger partial charge in [0.05, 0.1) is 25.5 Å². The average Bonchev–Trinajstić information content (AvgIpc) is 2.45. The molecule has 0 aliphatic carbocycles. The van der Waals surface area contributed by atoms with Gasteiger partial charge in [-0.2, -0.15) is 0 Å². The molecular weight excluding hydrogens is 245 g/mol. The molecule has 0 amide bonds. The fraction of sp³-hybridized carbons (Fsp3) is 0.643. The Bertz CT molecular complexity index is 414. The Labute approximate surface area is 114 Å². The van der Waals surface area contributed by atoms with Crippen molar-refractivity contribution in [1.29, 1.82) is 0 Å². The van der Waals surface area contributed by atoms with E-state index in [9.17, 15) is 4.39 Å². The largest absolute Gasteiger partial charge is 0.377 e. The van der Waals surface area contributed by atoms with Crippen molar-refractivity contribution >= 4 is 5.82 Å². The van der Waals surface area contributed by atoms with Crippen LogP contribution in [0, 0.1) is 5.82 Å². The monoisotopic (exact) mass is 267 g/mol. The van der Waals surface area contributed by atoms with Crippen molar-refractivity contribution in [3.05, 3.63) is 23.6 Å². The van der Waals surface area contributed by atoms with Crippen molar-refractivity contribution in [1.82, 2.24) is 10.3 Å². The van der Waals surface area contributed by atoms with E-state index in [4.69, 9.17) is 4.74 Å². The van der Waals surface area contributed by atoms with Gasteiger partial charge in [-0.3, -0.25) is 0 Å². The van der Waals surface area contributed by atoms with Crippen LogP contribution in [0.5, 0.6) is 0 Å². The molecule has 4 nitrogen and oxygen atoms in total. The molecule has 1 aromatic heterocycles.